The summed E-state index contributed by atoms with van der Waals surface area (Å²) in [4.78, 5) is 13.6. The molecule has 3 N–H and O–H groups in total. The van der Waals surface area contributed by atoms with Crippen LogP contribution < -0.4 is 16.0 Å². The predicted octanol–water partition coefficient (Wildman–Crippen LogP) is 1.54. The van der Waals surface area contributed by atoms with Gasteiger partial charge in [0.15, 0.2) is 0 Å². The van der Waals surface area contributed by atoms with E-state index < -0.39 is 0 Å². The Hall–Kier alpha value is -2.23. The van der Waals surface area contributed by atoms with Crippen molar-refractivity contribution in [1.82, 2.24) is 4.98 Å². The summed E-state index contributed by atoms with van der Waals surface area (Å²) in [6.07, 6.45) is 0. The summed E-state index contributed by atoms with van der Waals surface area (Å²) < 4.78 is 5.49. The number of ether oxygens (including phenoxy) is 1. The Balaban J connectivity index is 2.08. The lowest BCUT2D eigenvalue weighted by Crippen LogP contribution is -2.10. The molecule has 1 aromatic heterocycles. The lowest BCUT2D eigenvalue weighted by Gasteiger charge is -2.05. The van der Waals surface area contributed by atoms with Crippen LogP contribution in [0.15, 0.2) is 47.3 Å². The summed E-state index contributed by atoms with van der Waals surface area (Å²) in [5.41, 5.74) is 6.06. The molecule has 0 aliphatic heterocycles. The molecule has 0 unspecified atom stereocenters. The summed E-state index contributed by atoms with van der Waals surface area (Å²) in [7, 11) is 0. The van der Waals surface area contributed by atoms with Gasteiger partial charge in [-0.15, -0.1) is 0 Å². The third kappa shape index (κ3) is 2.63. The number of nitrogens with one attached hydrogen (secondary N) is 1. The Morgan fingerprint density at radius 3 is 2.62 bits per heavy atom. The second-order valence-corrected chi connectivity index (χ2v) is 3.41. The highest BCUT2D eigenvalue weighted by Crippen LogP contribution is 2.11. The maximum atomic E-state index is 11.1. The minimum Gasteiger partial charge on any atom is -0.489 e. The second-order valence-electron chi connectivity index (χ2n) is 3.41. The quantitative estimate of drug-likeness (QED) is 0.817. The molecule has 0 aliphatic carbocycles. The van der Waals surface area contributed by atoms with E-state index in [1.807, 2.05) is 30.3 Å². The lowest BCUT2D eigenvalue weighted by molar-refractivity contribution is 0.306. The van der Waals surface area contributed by atoms with Crippen molar-refractivity contribution in [3.63, 3.8) is 0 Å². The molecule has 4 heteroatoms. The highest BCUT2D eigenvalue weighted by molar-refractivity contribution is 5.32. The van der Waals surface area contributed by atoms with Crippen molar-refractivity contribution in [3.8, 4) is 5.75 Å². The summed E-state index contributed by atoms with van der Waals surface area (Å²) in [6, 6.07) is 12.6. The first-order chi connectivity index (χ1) is 7.74. The van der Waals surface area contributed by atoms with Gasteiger partial charge in [0.25, 0.3) is 0 Å². The zero-order valence-corrected chi connectivity index (χ0v) is 8.64. The molecule has 1 aromatic carbocycles. The number of hydrogen-bond donors (Lipinski definition) is 2. The van der Waals surface area contributed by atoms with Crippen LogP contribution in [0.3, 0.4) is 0 Å². The minimum atomic E-state index is -0.216. The van der Waals surface area contributed by atoms with Gasteiger partial charge in [0.2, 0.25) is 5.56 Å². The van der Waals surface area contributed by atoms with Crippen molar-refractivity contribution >= 4 is 5.82 Å². The van der Waals surface area contributed by atoms with Gasteiger partial charge in [-0.3, -0.25) is 4.79 Å². The summed E-state index contributed by atoms with van der Waals surface area (Å²) in [6.45, 7) is 0.331. The standard InChI is InChI=1S/C12H12N2O2/c13-11-6-9(7-12(15)14-11)8-16-10-4-2-1-3-5-10/h1-7H,8H2,(H3,13,14,15). The molecule has 82 valence electrons. The topological polar surface area (TPSA) is 68.1 Å². The molecule has 0 spiro atoms. The molecule has 0 radical (unpaired) electrons. The number of pyridine rings is 1. The van der Waals surface area contributed by atoms with E-state index in [-0.39, 0.29) is 5.56 Å². The molecule has 16 heavy (non-hydrogen) atoms. The van der Waals surface area contributed by atoms with Crippen LogP contribution in [-0.4, -0.2) is 4.98 Å². The Labute approximate surface area is 92.7 Å². The molecule has 0 saturated carbocycles. The first-order valence-electron chi connectivity index (χ1n) is 4.90. The number of hydrogen-bond acceptors (Lipinski definition) is 3. The molecule has 0 bridgehead atoms. The van der Waals surface area contributed by atoms with Gasteiger partial charge in [-0.05, 0) is 23.8 Å². The van der Waals surface area contributed by atoms with Gasteiger partial charge in [0, 0.05) is 6.07 Å². The van der Waals surface area contributed by atoms with E-state index in [2.05, 4.69) is 4.98 Å². The normalized spacial score (nSPS) is 10.0. The first-order valence-corrected chi connectivity index (χ1v) is 4.90. The fourth-order valence-electron chi connectivity index (χ4n) is 1.39. The number of benzene rings is 1. The Kier molecular flexibility index (Phi) is 2.91. The molecule has 2 rings (SSSR count). The number of nitrogen functional groups attached to an aromatic ring is 1. The number of H-pyrrole nitrogens is 1. The highest BCUT2D eigenvalue weighted by Gasteiger charge is 1.98. The Morgan fingerprint density at radius 2 is 1.94 bits per heavy atom. The van der Waals surface area contributed by atoms with Gasteiger partial charge < -0.3 is 15.5 Å². The Bertz CT molecular complexity index is 520. The van der Waals surface area contributed by atoms with Gasteiger partial charge in [0.1, 0.15) is 18.2 Å². The van der Waals surface area contributed by atoms with Gasteiger partial charge >= 0.3 is 0 Å². The second kappa shape index (κ2) is 4.53. The first kappa shape index (κ1) is 10.3. The van der Waals surface area contributed by atoms with Crippen LogP contribution in [0.1, 0.15) is 5.56 Å². The molecule has 2 aromatic rings. The molecule has 0 aliphatic rings. The summed E-state index contributed by atoms with van der Waals surface area (Å²) in [5.74, 6) is 1.11. The molecule has 4 nitrogen and oxygen atoms in total. The van der Waals surface area contributed by atoms with E-state index >= 15 is 0 Å². The SMILES string of the molecule is Nc1cc(COc2ccccc2)cc(=O)[nH]1. The smallest absolute Gasteiger partial charge is 0.249 e. The molecular weight excluding hydrogens is 204 g/mol. The van der Waals surface area contributed by atoms with E-state index in [1.54, 1.807) is 6.07 Å². The number of anilines is 1. The fraction of sp³-hybridized carbons (Fsp3) is 0.0833. The monoisotopic (exact) mass is 216 g/mol. The average Bonchev–Trinajstić information content (AvgIpc) is 2.27. The van der Waals surface area contributed by atoms with Gasteiger partial charge in [-0.1, -0.05) is 18.2 Å². The number of para-hydroxylation sites is 1. The molecule has 1 heterocycles. The number of aromatic amines is 1. The Morgan fingerprint density at radius 1 is 1.19 bits per heavy atom. The number of aromatic nitrogens is 1. The van der Waals surface area contributed by atoms with Crippen LogP contribution in [0, 0.1) is 0 Å². The van der Waals surface area contributed by atoms with Crippen LogP contribution in [0.5, 0.6) is 5.75 Å². The van der Waals surface area contributed by atoms with E-state index in [1.165, 1.54) is 6.07 Å². The third-order valence-electron chi connectivity index (χ3n) is 2.07. The lowest BCUT2D eigenvalue weighted by atomic mass is 10.3. The van der Waals surface area contributed by atoms with Crippen molar-refractivity contribution < 1.29 is 4.74 Å². The summed E-state index contributed by atoms with van der Waals surface area (Å²) in [5, 5.41) is 0. The average molecular weight is 216 g/mol. The van der Waals surface area contributed by atoms with Crippen LogP contribution in [0.2, 0.25) is 0 Å². The summed E-state index contributed by atoms with van der Waals surface area (Å²) >= 11 is 0. The van der Waals surface area contributed by atoms with Crippen molar-refractivity contribution in [2.75, 3.05) is 5.73 Å². The van der Waals surface area contributed by atoms with Crippen molar-refractivity contribution in [2.45, 2.75) is 6.61 Å². The van der Waals surface area contributed by atoms with Gasteiger partial charge in [-0.25, -0.2) is 0 Å². The van der Waals surface area contributed by atoms with Crippen LogP contribution >= 0.6 is 0 Å². The molecular formula is C12H12N2O2. The maximum absolute atomic E-state index is 11.1. The van der Waals surface area contributed by atoms with E-state index in [4.69, 9.17) is 10.5 Å². The van der Waals surface area contributed by atoms with Crippen molar-refractivity contribution in [2.24, 2.45) is 0 Å². The van der Waals surface area contributed by atoms with Crippen LogP contribution in [0.4, 0.5) is 5.82 Å². The third-order valence-corrected chi connectivity index (χ3v) is 2.07. The molecule has 0 fully saturated rings. The maximum Gasteiger partial charge on any atom is 0.249 e. The number of rotatable bonds is 3. The van der Waals surface area contributed by atoms with Crippen LogP contribution in [-0.2, 0) is 6.61 Å². The van der Waals surface area contributed by atoms with Gasteiger partial charge in [0.05, 0.1) is 0 Å². The molecule has 0 saturated heterocycles. The van der Waals surface area contributed by atoms with Gasteiger partial charge in [-0.2, -0.15) is 0 Å². The zero-order chi connectivity index (χ0) is 11.4. The zero-order valence-electron chi connectivity index (χ0n) is 8.64. The van der Waals surface area contributed by atoms with Crippen LogP contribution in [0.25, 0.3) is 0 Å². The van der Waals surface area contributed by atoms with Crippen molar-refractivity contribution in [1.29, 1.82) is 0 Å². The predicted molar refractivity (Wildman–Crippen MR) is 62.2 cm³/mol. The fourth-order valence-corrected chi connectivity index (χ4v) is 1.39. The minimum absolute atomic E-state index is 0.216. The van der Waals surface area contributed by atoms with Crippen molar-refractivity contribution in [3.05, 3.63) is 58.4 Å². The number of nitrogens with two attached hydrogens (primary N) is 1. The highest BCUT2D eigenvalue weighted by atomic mass is 16.5. The molecule has 0 amide bonds. The van der Waals surface area contributed by atoms with E-state index in [0.717, 1.165) is 11.3 Å². The molecule has 0 atom stereocenters. The van der Waals surface area contributed by atoms with E-state index in [0.29, 0.717) is 12.4 Å². The largest absolute Gasteiger partial charge is 0.489 e. The van der Waals surface area contributed by atoms with E-state index in [9.17, 15) is 4.79 Å².